The molecule has 0 aromatic rings. The van der Waals surface area contributed by atoms with Crippen LogP contribution in [0, 0.1) is 0 Å². The summed E-state index contributed by atoms with van der Waals surface area (Å²) in [6, 6.07) is -0.316. The van der Waals surface area contributed by atoms with Gasteiger partial charge in [0.2, 0.25) is 0 Å². The Kier molecular flexibility index (Phi) is 5.20. The topological polar surface area (TPSA) is 58.6 Å². The number of nitrogens with one attached hydrogen (secondary N) is 1. The predicted molar refractivity (Wildman–Crippen MR) is 46.3 cm³/mol. The van der Waals surface area contributed by atoms with E-state index in [-0.39, 0.29) is 30.5 Å². The molecule has 1 fully saturated rings. The Morgan fingerprint density at radius 2 is 2.33 bits per heavy atom. The number of halogens is 1. The minimum Gasteiger partial charge on any atom is -0.468 e. The van der Waals surface area contributed by atoms with Gasteiger partial charge in [-0.1, -0.05) is 0 Å². The number of piperidine rings is 1. The van der Waals surface area contributed by atoms with E-state index in [1.807, 2.05) is 0 Å². The van der Waals surface area contributed by atoms with Gasteiger partial charge in [-0.05, 0) is 19.4 Å². The third-order valence-corrected chi connectivity index (χ3v) is 1.86. The lowest BCUT2D eigenvalue weighted by Gasteiger charge is -2.24. The SMILES string of the molecule is COC(=O)[C@H]1C[C@H](O)CCN1.Cl. The molecular formula is C7H14ClNO3. The summed E-state index contributed by atoms with van der Waals surface area (Å²) in [5, 5.41) is 12.1. The molecule has 5 heteroatoms. The molecule has 4 nitrogen and oxygen atoms in total. The Morgan fingerprint density at radius 3 is 2.83 bits per heavy atom. The Bertz CT molecular complexity index is 154. The van der Waals surface area contributed by atoms with Crippen molar-refractivity contribution in [2.75, 3.05) is 13.7 Å². The molecule has 1 aliphatic heterocycles. The molecule has 2 atom stereocenters. The molecule has 0 bridgehead atoms. The third kappa shape index (κ3) is 2.97. The molecule has 0 saturated carbocycles. The Balaban J connectivity index is 0.00000121. The highest BCUT2D eigenvalue weighted by molar-refractivity contribution is 5.85. The van der Waals surface area contributed by atoms with Gasteiger partial charge in [-0.25, -0.2) is 0 Å². The van der Waals surface area contributed by atoms with Crippen LogP contribution in [0.25, 0.3) is 0 Å². The first-order valence-electron chi connectivity index (χ1n) is 3.73. The predicted octanol–water partition coefficient (Wildman–Crippen LogP) is -0.306. The number of hydrogen-bond donors (Lipinski definition) is 2. The Morgan fingerprint density at radius 1 is 1.67 bits per heavy atom. The lowest BCUT2D eigenvalue weighted by atomic mass is 10.0. The zero-order valence-corrected chi connectivity index (χ0v) is 7.76. The molecule has 0 amide bonds. The molecule has 0 radical (unpaired) electrons. The van der Waals surface area contributed by atoms with Crippen molar-refractivity contribution in [1.29, 1.82) is 0 Å². The molecule has 12 heavy (non-hydrogen) atoms. The second kappa shape index (κ2) is 5.35. The second-order valence-corrected chi connectivity index (χ2v) is 2.71. The summed E-state index contributed by atoms with van der Waals surface area (Å²) in [6.07, 6.45) is 0.820. The molecular weight excluding hydrogens is 182 g/mol. The molecule has 0 spiro atoms. The minimum atomic E-state index is -0.361. The highest BCUT2D eigenvalue weighted by Crippen LogP contribution is 2.08. The average Bonchev–Trinajstić information content (AvgIpc) is 2.03. The van der Waals surface area contributed by atoms with Crippen LogP contribution in [0.15, 0.2) is 0 Å². The lowest BCUT2D eigenvalue weighted by Crippen LogP contribution is -2.45. The van der Waals surface area contributed by atoms with Crippen LogP contribution >= 0.6 is 12.4 Å². The first-order valence-corrected chi connectivity index (χ1v) is 3.73. The molecule has 1 saturated heterocycles. The fourth-order valence-electron chi connectivity index (χ4n) is 1.22. The molecule has 1 aliphatic rings. The number of aliphatic hydroxyl groups is 1. The van der Waals surface area contributed by atoms with Crippen molar-refractivity contribution >= 4 is 18.4 Å². The van der Waals surface area contributed by atoms with Crippen molar-refractivity contribution in [3.05, 3.63) is 0 Å². The molecule has 0 aromatic heterocycles. The quantitative estimate of drug-likeness (QED) is 0.564. The van der Waals surface area contributed by atoms with Crippen LogP contribution in [0.2, 0.25) is 0 Å². The van der Waals surface area contributed by atoms with Crippen LogP contribution < -0.4 is 5.32 Å². The summed E-state index contributed by atoms with van der Waals surface area (Å²) in [5.41, 5.74) is 0. The van der Waals surface area contributed by atoms with E-state index in [0.717, 1.165) is 0 Å². The zero-order valence-electron chi connectivity index (χ0n) is 6.95. The number of aliphatic hydroxyl groups excluding tert-OH is 1. The van der Waals surface area contributed by atoms with Crippen molar-refractivity contribution in [3.63, 3.8) is 0 Å². The first kappa shape index (κ1) is 11.7. The molecule has 2 N–H and O–H groups in total. The fraction of sp³-hybridized carbons (Fsp3) is 0.857. The summed E-state index contributed by atoms with van der Waals surface area (Å²) in [6.45, 7) is 0.681. The lowest BCUT2D eigenvalue weighted by molar-refractivity contribution is -0.144. The van der Waals surface area contributed by atoms with E-state index in [2.05, 4.69) is 10.1 Å². The molecule has 0 aliphatic carbocycles. The van der Waals surface area contributed by atoms with Crippen LogP contribution in [-0.4, -0.2) is 36.9 Å². The van der Waals surface area contributed by atoms with Crippen molar-refractivity contribution < 1.29 is 14.6 Å². The number of rotatable bonds is 1. The zero-order chi connectivity index (χ0) is 8.27. The van der Waals surface area contributed by atoms with E-state index in [1.165, 1.54) is 7.11 Å². The Labute approximate surface area is 77.7 Å². The summed E-state index contributed by atoms with van der Waals surface area (Å²) >= 11 is 0. The largest absolute Gasteiger partial charge is 0.468 e. The van der Waals surface area contributed by atoms with Gasteiger partial charge in [0.05, 0.1) is 13.2 Å². The van der Waals surface area contributed by atoms with E-state index in [1.54, 1.807) is 0 Å². The van der Waals surface area contributed by atoms with Crippen LogP contribution in [-0.2, 0) is 9.53 Å². The van der Waals surface area contributed by atoms with E-state index < -0.39 is 0 Å². The summed E-state index contributed by atoms with van der Waals surface area (Å²) < 4.78 is 4.53. The standard InChI is InChI=1S/C7H13NO3.ClH/c1-11-7(10)6-4-5(9)2-3-8-6;/h5-6,8-9H,2-4H2,1H3;1H/t5-,6-;/m1./s1. The second-order valence-electron chi connectivity index (χ2n) is 2.71. The molecule has 1 rings (SSSR count). The van der Waals surface area contributed by atoms with Crippen LogP contribution in [0.1, 0.15) is 12.8 Å². The smallest absolute Gasteiger partial charge is 0.322 e. The highest BCUT2D eigenvalue weighted by Gasteiger charge is 2.25. The van der Waals surface area contributed by atoms with Gasteiger partial charge < -0.3 is 15.2 Å². The van der Waals surface area contributed by atoms with Gasteiger partial charge in [0.1, 0.15) is 6.04 Å². The summed E-state index contributed by atoms with van der Waals surface area (Å²) in [7, 11) is 1.35. The summed E-state index contributed by atoms with van der Waals surface area (Å²) in [4.78, 5) is 10.9. The highest BCUT2D eigenvalue weighted by atomic mass is 35.5. The maximum atomic E-state index is 10.9. The van der Waals surface area contributed by atoms with Gasteiger partial charge in [0, 0.05) is 0 Å². The number of hydrogen-bond acceptors (Lipinski definition) is 4. The maximum absolute atomic E-state index is 10.9. The maximum Gasteiger partial charge on any atom is 0.322 e. The molecule has 0 unspecified atom stereocenters. The van der Waals surface area contributed by atoms with Crippen LogP contribution in [0.5, 0.6) is 0 Å². The minimum absolute atomic E-state index is 0. The number of esters is 1. The monoisotopic (exact) mass is 195 g/mol. The molecule has 0 aromatic carbocycles. The van der Waals surface area contributed by atoms with Gasteiger partial charge in [-0.2, -0.15) is 0 Å². The normalized spacial score (nSPS) is 28.8. The van der Waals surface area contributed by atoms with Crippen LogP contribution in [0.3, 0.4) is 0 Å². The Hall–Kier alpha value is -0.320. The number of carbonyl (C=O) groups is 1. The molecule has 72 valence electrons. The third-order valence-electron chi connectivity index (χ3n) is 1.86. The summed E-state index contributed by atoms with van der Waals surface area (Å²) in [5.74, 6) is -0.288. The molecule has 1 heterocycles. The first-order chi connectivity index (χ1) is 5.24. The fourth-order valence-corrected chi connectivity index (χ4v) is 1.22. The van der Waals surface area contributed by atoms with Crippen molar-refractivity contribution in [3.8, 4) is 0 Å². The van der Waals surface area contributed by atoms with E-state index in [9.17, 15) is 9.90 Å². The van der Waals surface area contributed by atoms with E-state index >= 15 is 0 Å². The number of methoxy groups -OCH3 is 1. The number of ether oxygens (including phenoxy) is 1. The average molecular weight is 196 g/mol. The van der Waals surface area contributed by atoms with Crippen molar-refractivity contribution in [2.24, 2.45) is 0 Å². The van der Waals surface area contributed by atoms with Gasteiger partial charge in [-0.15, -0.1) is 12.4 Å². The number of carbonyl (C=O) groups excluding carboxylic acids is 1. The van der Waals surface area contributed by atoms with Gasteiger partial charge in [0.25, 0.3) is 0 Å². The van der Waals surface area contributed by atoms with Gasteiger partial charge in [-0.3, -0.25) is 4.79 Å². The van der Waals surface area contributed by atoms with Crippen molar-refractivity contribution in [2.45, 2.75) is 25.0 Å². The van der Waals surface area contributed by atoms with Crippen molar-refractivity contribution in [1.82, 2.24) is 5.32 Å². The van der Waals surface area contributed by atoms with E-state index in [0.29, 0.717) is 19.4 Å². The van der Waals surface area contributed by atoms with E-state index in [4.69, 9.17) is 0 Å². The van der Waals surface area contributed by atoms with Gasteiger partial charge in [0.15, 0.2) is 0 Å². The van der Waals surface area contributed by atoms with Crippen LogP contribution in [0.4, 0.5) is 0 Å². The van der Waals surface area contributed by atoms with Gasteiger partial charge >= 0.3 is 5.97 Å².